The van der Waals surface area contributed by atoms with E-state index in [1.54, 1.807) is 29.4 Å². The van der Waals surface area contributed by atoms with E-state index in [4.69, 9.17) is 0 Å². The molecule has 0 spiro atoms. The molecule has 0 saturated carbocycles. The van der Waals surface area contributed by atoms with Crippen molar-refractivity contribution in [3.8, 4) is 0 Å². The van der Waals surface area contributed by atoms with Gasteiger partial charge in [-0.25, -0.2) is 9.50 Å². The number of rotatable bonds is 8. The van der Waals surface area contributed by atoms with Crippen molar-refractivity contribution in [1.29, 1.82) is 0 Å². The van der Waals surface area contributed by atoms with Crippen LogP contribution in [0.3, 0.4) is 0 Å². The Morgan fingerprint density at radius 3 is 2.66 bits per heavy atom. The Bertz CT molecular complexity index is 1260. The summed E-state index contributed by atoms with van der Waals surface area (Å²) in [6, 6.07) is 3.26. The summed E-state index contributed by atoms with van der Waals surface area (Å²) >= 11 is 0. The Morgan fingerprint density at radius 1 is 1.09 bits per heavy atom. The van der Waals surface area contributed by atoms with E-state index in [0.29, 0.717) is 41.1 Å². The lowest BCUT2D eigenvalue weighted by atomic mass is 10.2. The third kappa shape index (κ3) is 6.31. The highest BCUT2D eigenvalue weighted by molar-refractivity contribution is 5.98. The first kappa shape index (κ1) is 24.1. The van der Waals surface area contributed by atoms with Crippen LogP contribution in [0.1, 0.15) is 47.3 Å². The van der Waals surface area contributed by atoms with Gasteiger partial charge in [-0.05, 0) is 24.1 Å². The van der Waals surface area contributed by atoms with Gasteiger partial charge in [-0.1, -0.05) is 0 Å². The van der Waals surface area contributed by atoms with E-state index >= 15 is 0 Å². The molecule has 184 valence electrons. The zero-order valence-electron chi connectivity index (χ0n) is 18.5. The van der Waals surface area contributed by atoms with Crippen molar-refractivity contribution in [3.05, 3.63) is 53.7 Å². The molecule has 4 rings (SSSR count). The maximum atomic E-state index is 12.6. The molecule has 0 atom stereocenters. The minimum atomic E-state index is -4.38. The molecule has 10 nitrogen and oxygen atoms in total. The number of carbonyl (C=O) groups is 3. The monoisotopic (exact) mass is 489 g/mol. The first-order chi connectivity index (χ1) is 16.7. The number of nitrogens with one attached hydrogen (secondary N) is 2. The van der Waals surface area contributed by atoms with E-state index in [1.165, 1.54) is 16.9 Å². The van der Waals surface area contributed by atoms with Gasteiger partial charge in [0.15, 0.2) is 5.65 Å². The van der Waals surface area contributed by atoms with Crippen LogP contribution in [0.4, 0.5) is 18.9 Å². The quantitative estimate of drug-likeness (QED) is 0.500. The molecule has 35 heavy (non-hydrogen) atoms. The summed E-state index contributed by atoms with van der Waals surface area (Å²) < 4.78 is 38.1. The molecule has 4 heterocycles. The number of hydrogen-bond acceptors (Lipinski definition) is 6. The van der Waals surface area contributed by atoms with Gasteiger partial charge >= 0.3 is 6.18 Å². The average Bonchev–Trinajstić information content (AvgIpc) is 3.44. The van der Waals surface area contributed by atoms with Crippen molar-refractivity contribution in [2.75, 3.05) is 11.4 Å². The minimum absolute atomic E-state index is 0.00167. The predicted molar refractivity (Wildman–Crippen MR) is 117 cm³/mol. The van der Waals surface area contributed by atoms with Gasteiger partial charge in [-0.15, -0.1) is 0 Å². The largest absolute Gasteiger partial charge is 0.389 e. The molecule has 0 aromatic carbocycles. The standard InChI is InChI=1S/C22H22F3N7O3/c23-22(24,25)4-3-19(33)27-8-14-6-18-30-16(13-32(18)29-9-14)11-28-21(35)15-7-17(12-26-10-15)31-5-1-2-20(31)34/h6-7,9-10,12-13H,1-5,8,11H2,(H,27,33)(H,28,35). The van der Waals surface area contributed by atoms with Crippen LogP contribution in [0.5, 0.6) is 0 Å². The number of nitrogens with zero attached hydrogens (tertiary/aromatic N) is 5. The Kier molecular flexibility index (Phi) is 6.94. The molecule has 3 aromatic rings. The Hall–Kier alpha value is -4.03. The van der Waals surface area contributed by atoms with Crippen molar-refractivity contribution in [2.24, 2.45) is 0 Å². The summed E-state index contributed by atoms with van der Waals surface area (Å²) in [5.74, 6) is -1.08. The van der Waals surface area contributed by atoms with Crippen molar-refractivity contribution in [1.82, 2.24) is 30.2 Å². The topological polar surface area (TPSA) is 122 Å². The van der Waals surface area contributed by atoms with Crippen LogP contribution in [-0.2, 0) is 22.7 Å². The van der Waals surface area contributed by atoms with Gasteiger partial charge in [0.25, 0.3) is 5.91 Å². The second kappa shape index (κ2) is 10.1. The van der Waals surface area contributed by atoms with Crippen molar-refractivity contribution >= 4 is 29.1 Å². The van der Waals surface area contributed by atoms with Crippen molar-refractivity contribution in [3.63, 3.8) is 0 Å². The maximum Gasteiger partial charge on any atom is 0.389 e. The van der Waals surface area contributed by atoms with Crippen LogP contribution in [0.25, 0.3) is 5.65 Å². The van der Waals surface area contributed by atoms with Crippen molar-refractivity contribution < 1.29 is 27.6 Å². The van der Waals surface area contributed by atoms with E-state index in [0.717, 1.165) is 6.42 Å². The Balaban J connectivity index is 1.33. The third-order valence-electron chi connectivity index (χ3n) is 5.35. The smallest absolute Gasteiger partial charge is 0.352 e. The number of fused-ring (bicyclic) bond motifs is 1. The SMILES string of the molecule is O=C(CCC(F)(F)F)NCc1cnn2cc(CNC(=O)c3cncc(N4CCCC4=O)c3)nc2c1. The summed E-state index contributed by atoms with van der Waals surface area (Å²) in [6.45, 7) is 0.722. The molecule has 1 aliphatic rings. The maximum absolute atomic E-state index is 12.6. The second-order valence-electron chi connectivity index (χ2n) is 8.05. The number of alkyl halides is 3. The van der Waals surface area contributed by atoms with Gasteiger partial charge in [0.1, 0.15) is 0 Å². The highest BCUT2D eigenvalue weighted by Crippen LogP contribution is 2.22. The van der Waals surface area contributed by atoms with Gasteiger partial charge in [0, 0.05) is 32.1 Å². The summed E-state index contributed by atoms with van der Waals surface area (Å²) in [6.07, 6.45) is 1.10. The molecule has 0 bridgehead atoms. The fraction of sp³-hybridized carbons (Fsp3) is 0.364. The number of carbonyl (C=O) groups excluding carboxylic acids is 3. The number of halogens is 3. The summed E-state index contributed by atoms with van der Waals surface area (Å²) in [4.78, 5) is 46.2. The third-order valence-corrected chi connectivity index (χ3v) is 5.35. The van der Waals surface area contributed by atoms with E-state index in [2.05, 4.69) is 25.7 Å². The summed E-state index contributed by atoms with van der Waals surface area (Å²) in [7, 11) is 0. The predicted octanol–water partition coefficient (Wildman–Crippen LogP) is 2.14. The molecular formula is C22H22F3N7O3. The number of imidazole rings is 1. The molecule has 0 radical (unpaired) electrons. The Labute approximate surface area is 197 Å². The fourth-order valence-electron chi connectivity index (χ4n) is 3.58. The molecule has 1 aliphatic heterocycles. The normalized spacial score (nSPS) is 13.9. The number of hydrogen-bond donors (Lipinski definition) is 2. The van der Waals surface area contributed by atoms with Crippen LogP contribution in [-0.4, -0.2) is 50.0 Å². The first-order valence-electron chi connectivity index (χ1n) is 10.9. The molecule has 3 amide bonds. The fourth-order valence-corrected chi connectivity index (χ4v) is 3.58. The summed E-state index contributed by atoms with van der Waals surface area (Å²) in [5, 5.41) is 9.35. The number of aromatic nitrogens is 4. The van der Waals surface area contributed by atoms with Crippen LogP contribution in [0, 0.1) is 0 Å². The molecular weight excluding hydrogens is 467 g/mol. The van der Waals surface area contributed by atoms with Gasteiger partial charge in [-0.3, -0.25) is 19.4 Å². The molecule has 2 N–H and O–H groups in total. The van der Waals surface area contributed by atoms with E-state index in [1.807, 2.05) is 0 Å². The molecule has 13 heteroatoms. The highest BCUT2D eigenvalue weighted by Gasteiger charge is 2.27. The molecule has 1 saturated heterocycles. The zero-order valence-corrected chi connectivity index (χ0v) is 18.5. The lowest BCUT2D eigenvalue weighted by Gasteiger charge is -2.15. The number of pyridine rings is 1. The van der Waals surface area contributed by atoms with Gasteiger partial charge in [-0.2, -0.15) is 18.3 Å². The van der Waals surface area contributed by atoms with Gasteiger partial charge in [0.2, 0.25) is 11.8 Å². The second-order valence-corrected chi connectivity index (χ2v) is 8.05. The van der Waals surface area contributed by atoms with Gasteiger partial charge < -0.3 is 15.5 Å². The average molecular weight is 489 g/mol. The van der Waals surface area contributed by atoms with Crippen LogP contribution in [0.15, 0.2) is 36.9 Å². The van der Waals surface area contributed by atoms with E-state index < -0.39 is 24.9 Å². The molecule has 3 aromatic heterocycles. The minimum Gasteiger partial charge on any atom is -0.352 e. The van der Waals surface area contributed by atoms with Crippen LogP contribution in [0.2, 0.25) is 0 Å². The van der Waals surface area contributed by atoms with Crippen LogP contribution >= 0.6 is 0 Å². The first-order valence-corrected chi connectivity index (χ1v) is 10.9. The summed E-state index contributed by atoms with van der Waals surface area (Å²) in [5.41, 5.74) is 2.43. The number of amides is 3. The van der Waals surface area contributed by atoms with E-state index in [-0.39, 0.29) is 24.9 Å². The van der Waals surface area contributed by atoms with Crippen molar-refractivity contribution in [2.45, 2.75) is 44.9 Å². The molecule has 1 fully saturated rings. The van der Waals surface area contributed by atoms with Gasteiger partial charge in [0.05, 0.1) is 48.5 Å². The molecule has 0 aliphatic carbocycles. The zero-order chi connectivity index (χ0) is 25.0. The van der Waals surface area contributed by atoms with E-state index in [9.17, 15) is 27.6 Å². The van der Waals surface area contributed by atoms with Crippen LogP contribution < -0.4 is 15.5 Å². The number of anilines is 1. The highest BCUT2D eigenvalue weighted by atomic mass is 19.4. The lowest BCUT2D eigenvalue weighted by molar-refractivity contribution is -0.144. The lowest BCUT2D eigenvalue weighted by Crippen LogP contribution is -2.26. The molecule has 0 unspecified atom stereocenters. The Morgan fingerprint density at radius 2 is 1.91 bits per heavy atom.